The fourth-order valence-corrected chi connectivity index (χ4v) is 3.39. The van der Waals surface area contributed by atoms with Gasteiger partial charge in [-0.3, -0.25) is 4.57 Å². The first-order valence-corrected chi connectivity index (χ1v) is 8.06. The molecule has 1 aromatic carbocycles. The lowest BCUT2D eigenvalue weighted by Crippen LogP contribution is -1.98. The van der Waals surface area contributed by atoms with Crippen molar-refractivity contribution in [3.05, 3.63) is 40.6 Å². The number of thioether (sulfide) groups is 1. The van der Waals surface area contributed by atoms with Gasteiger partial charge in [0.05, 0.1) is 12.8 Å². The summed E-state index contributed by atoms with van der Waals surface area (Å²) in [5.74, 6) is 1.34. The Kier molecular flexibility index (Phi) is 4.37. The second-order valence-electron chi connectivity index (χ2n) is 3.94. The highest BCUT2D eigenvalue weighted by atomic mass is 35.5. The Morgan fingerprint density at radius 1 is 1.33 bits per heavy atom. The van der Waals surface area contributed by atoms with Crippen molar-refractivity contribution in [3.63, 3.8) is 0 Å². The standard InChI is InChI=1S/C12H10ClN5OS2/c1-19-10-5-3-2-4-9(10)18-7-14-16-12(18)20-6-8-11(13)21-17-15-8/h2-5,7H,6H2,1H3. The van der Waals surface area contributed by atoms with Crippen LogP contribution in [-0.2, 0) is 5.75 Å². The third-order valence-electron chi connectivity index (χ3n) is 2.71. The van der Waals surface area contributed by atoms with E-state index in [1.807, 2.05) is 28.8 Å². The van der Waals surface area contributed by atoms with Gasteiger partial charge in [-0.15, -0.1) is 15.3 Å². The SMILES string of the molecule is COc1ccccc1-n1cnnc1SCc1nnsc1Cl. The number of aromatic nitrogens is 5. The molecule has 0 saturated heterocycles. The Balaban J connectivity index is 1.86. The molecule has 0 aliphatic rings. The number of hydrogen-bond donors (Lipinski definition) is 0. The molecule has 6 nitrogen and oxygen atoms in total. The molecule has 108 valence electrons. The number of benzene rings is 1. The van der Waals surface area contributed by atoms with E-state index in [-0.39, 0.29) is 0 Å². The minimum Gasteiger partial charge on any atom is -0.495 e. The fraction of sp³-hybridized carbons (Fsp3) is 0.167. The van der Waals surface area contributed by atoms with Crippen LogP contribution in [0, 0.1) is 0 Å². The molecule has 0 radical (unpaired) electrons. The number of para-hydroxylation sites is 2. The lowest BCUT2D eigenvalue weighted by atomic mass is 10.3. The molecule has 9 heteroatoms. The molecule has 0 fully saturated rings. The zero-order valence-corrected chi connectivity index (χ0v) is 13.3. The van der Waals surface area contributed by atoms with Crippen molar-refractivity contribution in [1.82, 2.24) is 24.4 Å². The fourth-order valence-electron chi connectivity index (χ4n) is 1.73. The Bertz CT molecular complexity index is 745. The molecule has 0 saturated carbocycles. The Morgan fingerprint density at radius 2 is 2.19 bits per heavy atom. The van der Waals surface area contributed by atoms with E-state index in [1.54, 1.807) is 13.4 Å². The Labute approximate surface area is 134 Å². The first-order valence-electron chi connectivity index (χ1n) is 5.92. The number of methoxy groups -OCH3 is 1. The zero-order chi connectivity index (χ0) is 14.7. The van der Waals surface area contributed by atoms with E-state index in [1.165, 1.54) is 23.3 Å². The molecule has 2 aromatic heterocycles. The molecule has 3 aromatic rings. The van der Waals surface area contributed by atoms with Crippen molar-refractivity contribution < 1.29 is 4.74 Å². The Morgan fingerprint density at radius 3 is 2.95 bits per heavy atom. The lowest BCUT2D eigenvalue weighted by Gasteiger charge is -2.10. The highest BCUT2D eigenvalue weighted by Crippen LogP contribution is 2.29. The second-order valence-corrected chi connectivity index (χ2v) is 6.24. The maximum Gasteiger partial charge on any atom is 0.196 e. The van der Waals surface area contributed by atoms with E-state index in [4.69, 9.17) is 16.3 Å². The number of rotatable bonds is 5. The molecule has 0 amide bonds. The van der Waals surface area contributed by atoms with Crippen molar-refractivity contribution >= 4 is 34.9 Å². The van der Waals surface area contributed by atoms with Gasteiger partial charge in [0.2, 0.25) is 0 Å². The van der Waals surface area contributed by atoms with Crippen LogP contribution in [0.25, 0.3) is 5.69 Å². The van der Waals surface area contributed by atoms with E-state index >= 15 is 0 Å². The second kappa shape index (κ2) is 6.42. The van der Waals surface area contributed by atoms with Crippen LogP contribution in [0.1, 0.15) is 5.69 Å². The van der Waals surface area contributed by atoms with Crippen LogP contribution in [0.3, 0.4) is 0 Å². The summed E-state index contributed by atoms with van der Waals surface area (Å²) >= 11 is 8.67. The van der Waals surface area contributed by atoms with E-state index in [2.05, 4.69) is 19.8 Å². The molecule has 2 heterocycles. The van der Waals surface area contributed by atoms with Gasteiger partial charge >= 0.3 is 0 Å². The predicted octanol–water partition coefficient (Wildman–Crippen LogP) is 3.07. The Hall–Kier alpha value is -1.64. The molecule has 0 aliphatic heterocycles. The van der Waals surface area contributed by atoms with Crippen molar-refractivity contribution in [2.45, 2.75) is 10.9 Å². The summed E-state index contributed by atoms with van der Waals surface area (Å²) in [6.45, 7) is 0. The van der Waals surface area contributed by atoms with E-state index in [9.17, 15) is 0 Å². The van der Waals surface area contributed by atoms with Gasteiger partial charge in [-0.2, -0.15) is 0 Å². The largest absolute Gasteiger partial charge is 0.495 e. The summed E-state index contributed by atoms with van der Waals surface area (Å²) < 4.78 is 11.7. The normalized spacial score (nSPS) is 10.8. The number of halogens is 1. The van der Waals surface area contributed by atoms with Crippen LogP contribution in [0.5, 0.6) is 5.75 Å². The molecule has 0 aliphatic carbocycles. The first-order chi connectivity index (χ1) is 10.3. The molecule has 0 spiro atoms. The van der Waals surface area contributed by atoms with Gasteiger partial charge in [0.1, 0.15) is 22.1 Å². The molecular weight excluding hydrogens is 330 g/mol. The van der Waals surface area contributed by atoms with Crippen LogP contribution in [0.15, 0.2) is 35.7 Å². The van der Waals surface area contributed by atoms with Gasteiger partial charge in [0.15, 0.2) is 5.16 Å². The molecule has 0 N–H and O–H groups in total. The summed E-state index contributed by atoms with van der Waals surface area (Å²) in [7, 11) is 1.64. The average Bonchev–Trinajstić information content (AvgIpc) is 3.13. The number of nitrogens with zero attached hydrogens (tertiary/aromatic N) is 5. The van der Waals surface area contributed by atoms with Gasteiger partial charge in [0.25, 0.3) is 0 Å². The third kappa shape index (κ3) is 3.02. The summed E-state index contributed by atoms with van der Waals surface area (Å²) in [5.41, 5.74) is 1.64. The smallest absolute Gasteiger partial charge is 0.196 e. The van der Waals surface area contributed by atoms with Crippen molar-refractivity contribution in [1.29, 1.82) is 0 Å². The summed E-state index contributed by atoms with van der Waals surface area (Å²) in [5, 5.41) is 12.8. The first kappa shape index (κ1) is 14.3. The molecule has 0 atom stereocenters. The van der Waals surface area contributed by atoms with Crippen LogP contribution in [0.4, 0.5) is 0 Å². The molecule has 3 rings (SSSR count). The molecule has 0 unspecified atom stereocenters. The topological polar surface area (TPSA) is 65.7 Å². The minimum atomic E-state index is 0.586. The van der Waals surface area contributed by atoms with E-state index in [0.717, 1.165) is 22.3 Å². The highest BCUT2D eigenvalue weighted by molar-refractivity contribution is 7.98. The van der Waals surface area contributed by atoms with Crippen LogP contribution >= 0.6 is 34.9 Å². The molecule has 21 heavy (non-hydrogen) atoms. The average molecular weight is 340 g/mol. The molecular formula is C12H10ClN5OS2. The van der Waals surface area contributed by atoms with Gasteiger partial charge in [-0.1, -0.05) is 40.0 Å². The summed E-state index contributed by atoms with van der Waals surface area (Å²) in [4.78, 5) is 0. The summed E-state index contributed by atoms with van der Waals surface area (Å²) in [6.07, 6.45) is 1.65. The van der Waals surface area contributed by atoms with E-state index < -0.39 is 0 Å². The quantitative estimate of drug-likeness (QED) is 0.665. The van der Waals surface area contributed by atoms with Gasteiger partial charge in [0, 0.05) is 17.3 Å². The third-order valence-corrected chi connectivity index (χ3v) is 4.65. The maximum atomic E-state index is 6.00. The maximum absolute atomic E-state index is 6.00. The number of ether oxygens (including phenoxy) is 1. The van der Waals surface area contributed by atoms with Crippen LogP contribution in [-0.4, -0.2) is 31.5 Å². The zero-order valence-electron chi connectivity index (χ0n) is 10.9. The molecule has 0 bridgehead atoms. The predicted molar refractivity (Wildman–Crippen MR) is 82.4 cm³/mol. The van der Waals surface area contributed by atoms with Crippen molar-refractivity contribution in [2.75, 3.05) is 7.11 Å². The lowest BCUT2D eigenvalue weighted by molar-refractivity contribution is 0.412. The van der Waals surface area contributed by atoms with Gasteiger partial charge in [-0.25, -0.2) is 0 Å². The van der Waals surface area contributed by atoms with Crippen LogP contribution in [0.2, 0.25) is 4.34 Å². The minimum absolute atomic E-state index is 0.586. The van der Waals surface area contributed by atoms with Crippen LogP contribution < -0.4 is 4.74 Å². The summed E-state index contributed by atoms with van der Waals surface area (Å²) in [6, 6.07) is 7.70. The van der Waals surface area contributed by atoms with Gasteiger partial charge < -0.3 is 4.74 Å². The number of hydrogen-bond acceptors (Lipinski definition) is 7. The van der Waals surface area contributed by atoms with Crippen molar-refractivity contribution in [3.8, 4) is 11.4 Å². The highest BCUT2D eigenvalue weighted by Gasteiger charge is 2.13. The van der Waals surface area contributed by atoms with E-state index in [0.29, 0.717) is 10.1 Å². The van der Waals surface area contributed by atoms with Gasteiger partial charge in [-0.05, 0) is 12.1 Å². The van der Waals surface area contributed by atoms with Crippen molar-refractivity contribution in [2.24, 2.45) is 0 Å². The monoisotopic (exact) mass is 339 g/mol.